The molecule has 1 amide bonds. The Morgan fingerprint density at radius 3 is 2.30 bits per heavy atom. The first-order valence-electron chi connectivity index (χ1n) is 10.7. The van der Waals surface area contributed by atoms with E-state index in [4.69, 9.17) is 0 Å². The highest BCUT2D eigenvalue weighted by Crippen LogP contribution is 2.33. The van der Waals surface area contributed by atoms with Gasteiger partial charge in [0.15, 0.2) is 0 Å². The minimum atomic E-state index is -3.77. The number of rotatable bonds is 4. The molecule has 30 heavy (non-hydrogen) atoms. The van der Waals surface area contributed by atoms with Crippen LogP contribution in [0.2, 0.25) is 0 Å². The predicted molar refractivity (Wildman–Crippen MR) is 116 cm³/mol. The van der Waals surface area contributed by atoms with E-state index in [1.54, 1.807) is 11.8 Å². The van der Waals surface area contributed by atoms with Crippen molar-refractivity contribution in [1.82, 2.24) is 18.8 Å². The van der Waals surface area contributed by atoms with Gasteiger partial charge in [0.2, 0.25) is 15.9 Å². The van der Waals surface area contributed by atoms with Crippen LogP contribution in [0.15, 0.2) is 16.0 Å². The van der Waals surface area contributed by atoms with Crippen molar-refractivity contribution >= 4 is 37.5 Å². The van der Waals surface area contributed by atoms with Crippen LogP contribution in [0.25, 0.3) is 10.2 Å². The SMILES string of the molecule is Cc1sc2ncn(CC(=O)N3CCCCCC3)c(=O)c2c1S(=O)(=O)N1CCCCC1. The maximum atomic E-state index is 13.3. The van der Waals surface area contributed by atoms with Gasteiger partial charge >= 0.3 is 0 Å². The lowest BCUT2D eigenvalue weighted by atomic mass is 10.2. The summed E-state index contributed by atoms with van der Waals surface area (Å²) in [6.45, 7) is 3.96. The minimum absolute atomic E-state index is 0.0680. The minimum Gasteiger partial charge on any atom is -0.341 e. The van der Waals surface area contributed by atoms with Crippen LogP contribution >= 0.6 is 11.3 Å². The number of carbonyl (C=O) groups is 1. The molecule has 0 bridgehead atoms. The van der Waals surface area contributed by atoms with E-state index in [9.17, 15) is 18.0 Å². The molecule has 0 N–H and O–H groups in total. The number of thiophene rings is 1. The van der Waals surface area contributed by atoms with Gasteiger partial charge in [0.1, 0.15) is 16.3 Å². The van der Waals surface area contributed by atoms with Gasteiger partial charge in [-0.15, -0.1) is 11.3 Å². The molecule has 2 aliphatic heterocycles. The van der Waals surface area contributed by atoms with Crippen molar-refractivity contribution in [1.29, 1.82) is 0 Å². The highest BCUT2D eigenvalue weighted by Gasteiger charge is 2.32. The molecule has 0 atom stereocenters. The lowest BCUT2D eigenvalue weighted by molar-refractivity contribution is -0.131. The number of hydrogen-bond donors (Lipinski definition) is 0. The smallest absolute Gasteiger partial charge is 0.263 e. The number of aromatic nitrogens is 2. The van der Waals surface area contributed by atoms with Gasteiger partial charge in [0.05, 0.1) is 11.7 Å². The summed E-state index contributed by atoms with van der Waals surface area (Å²) < 4.78 is 29.4. The number of hydrogen-bond acceptors (Lipinski definition) is 6. The number of nitrogens with zero attached hydrogens (tertiary/aromatic N) is 4. The second kappa shape index (κ2) is 8.76. The van der Waals surface area contributed by atoms with Crippen LogP contribution in [0, 0.1) is 6.92 Å². The Hall–Kier alpha value is -1.78. The first-order valence-corrected chi connectivity index (χ1v) is 12.9. The second-order valence-corrected chi connectivity index (χ2v) is 11.2. The summed E-state index contributed by atoms with van der Waals surface area (Å²) in [7, 11) is -3.77. The summed E-state index contributed by atoms with van der Waals surface area (Å²) in [4.78, 5) is 33.2. The maximum absolute atomic E-state index is 13.3. The number of likely N-dealkylation sites (tertiary alicyclic amines) is 1. The molecule has 2 aromatic heterocycles. The van der Waals surface area contributed by atoms with Gasteiger partial charge in [0.25, 0.3) is 5.56 Å². The first kappa shape index (κ1) is 21.5. The van der Waals surface area contributed by atoms with Crippen LogP contribution < -0.4 is 5.56 Å². The van der Waals surface area contributed by atoms with Crippen molar-refractivity contribution in [2.75, 3.05) is 26.2 Å². The second-order valence-electron chi connectivity index (χ2n) is 8.10. The van der Waals surface area contributed by atoms with Crippen molar-refractivity contribution < 1.29 is 13.2 Å². The van der Waals surface area contributed by atoms with E-state index >= 15 is 0 Å². The Kier molecular flexibility index (Phi) is 6.26. The molecule has 0 spiro atoms. The molecule has 2 aromatic rings. The van der Waals surface area contributed by atoms with E-state index in [2.05, 4.69) is 4.98 Å². The molecule has 4 heterocycles. The Labute approximate surface area is 180 Å². The van der Waals surface area contributed by atoms with E-state index in [0.29, 0.717) is 35.9 Å². The standard InChI is InChI=1S/C20H28N4O4S2/c1-15-18(30(27,28)24-11-7-4-8-12-24)17-19(29-15)21-14-23(20(17)26)13-16(25)22-9-5-2-3-6-10-22/h14H,2-13H2,1H3. The maximum Gasteiger partial charge on any atom is 0.263 e. The Morgan fingerprint density at radius 2 is 1.63 bits per heavy atom. The van der Waals surface area contributed by atoms with E-state index in [1.165, 1.54) is 26.5 Å². The lowest BCUT2D eigenvalue weighted by Gasteiger charge is -2.26. The van der Waals surface area contributed by atoms with Gasteiger partial charge in [-0.1, -0.05) is 19.3 Å². The van der Waals surface area contributed by atoms with Gasteiger partial charge in [-0.25, -0.2) is 13.4 Å². The zero-order chi connectivity index (χ0) is 21.3. The third kappa shape index (κ3) is 4.04. The van der Waals surface area contributed by atoms with Crippen molar-refractivity contribution in [2.45, 2.75) is 63.3 Å². The van der Waals surface area contributed by atoms with E-state index in [1.807, 2.05) is 0 Å². The molecule has 2 aliphatic rings. The quantitative estimate of drug-likeness (QED) is 0.710. The fourth-order valence-corrected chi connectivity index (χ4v) is 7.52. The highest BCUT2D eigenvalue weighted by atomic mass is 32.2. The van der Waals surface area contributed by atoms with Crippen LogP contribution in [-0.2, 0) is 21.4 Å². The third-order valence-corrected chi connectivity index (χ3v) is 9.19. The molecule has 8 nitrogen and oxygen atoms in total. The van der Waals surface area contributed by atoms with Gasteiger partial charge in [-0.3, -0.25) is 14.2 Å². The van der Waals surface area contributed by atoms with Gasteiger partial charge < -0.3 is 4.90 Å². The number of fused-ring (bicyclic) bond motifs is 1. The van der Waals surface area contributed by atoms with Gasteiger partial charge in [0, 0.05) is 31.1 Å². The van der Waals surface area contributed by atoms with Crippen molar-refractivity contribution in [3.05, 3.63) is 21.6 Å². The van der Waals surface area contributed by atoms with Crippen molar-refractivity contribution in [3.63, 3.8) is 0 Å². The molecule has 4 rings (SSSR count). The summed E-state index contributed by atoms with van der Waals surface area (Å²) in [5.41, 5.74) is -0.455. The van der Waals surface area contributed by atoms with Crippen LogP contribution in [-0.4, -0.2) is 59.3 Å². The fraction of sp³-hybridized carbons (Fsp3) is 0.650. The van der Waals surface area contributed by atoms with Crippen molar-refractivity contribution in [2.24, 2.45) is 0 Å². The zero-order valence-corrected chi connectivity index (χ0v) is 18.9. The normalized spacial score (nSPS) is 19.2. The number of carbonyl (C=O) groups excluding carboxylic acids is 1. The Morgan fingerprint density at radius 1 is 1.03 bits per heavy atom. The Balaban J connectivity index is 1.70. The predicted octanol–water partition coefficient (Wildman–Crippen LogP) is 2.34. The fourth-order valence-electron chi connectivity index (χ4n) is 4.34. The van der Waals surface area contributed by atoms with E-state index < -0.39 is 15.6 Å². The van der Waals surface area contributed by atoms with Crippen LogP contribution in [0.3, 0.4) is 0 Å². The molecule has 10 heteroatoms. The summed E-state index contributed by atoms with van der Waals surface area (Å²) in [6, 6.07) is 0. The topological polar surface area (TPSA) is 92.6 Å². The number of piperidine rings is 1. The molecule has 164 valence electrons. The molecule has 0 unspecified atom stereocenters. The summed E-state index contributed by atoms with van der Waals surface area (Å²) in [6.07, 6.45) is 8.21. The first-order chi connectivity index (χ1) is 14.4. The molecule has 0 aliphatic carbocycles. The molecular weight excluding hydrogens is 424 g/mol. The summed E-state index contributed by atoms with van der Waals surface area (Å²) >= 11 is 1.22. The molecule has 2 saturated heterocycles. The summed E-state index contributed by atoms with van der Waals surface area (Å²) in [5, 5.41) is 0.120. The number of sulfonamides is 1. The average Bonchev–Trinajstić information content (AvgIpc) is 2.91. The third-order valence-electron chi connectivity index (χ3n) is 5.98. The molecule has 0 aromatic carbocycles. The average molecular weight is 453 g/mol. The number of amides is 1. The largest absolute Gasteiger partial charge is 0.341 e. The summed E-state index contributed by atoms with van der Waals surface area (Å²) in [5.74, 6) is -0.118. The molecule has 2 fully saturated rings. The number of aryl methyl sites for hydroxylation is 1. The highest BCUT2D eigenvalue weighted by molar-refractivity contribution is 7.89. The molecular formula is C20H28N4O4S2. The zero-order valence-electron chi connectivity index (χ0n) is 17.3. The monoisotopic (exact) mass is 452 g/mol. The lowest BCUT2D eigenvalue weighted by Crippen LogP contribution is -2.38. The molecule has 0 saturated carbocycles. The Bertz CT molecular complexity index is 1090. The van der Waals surface area contributed by atoms with E-state index in [-0.39, 0.29) is 22.7 Å². The molecule has 0 radical (unpaired) electrons. The van der Waals surface area contributed by atoms with Crippen molar-refractivity contribution in [3.8, 4) is 0 Å². The van der Waals surface area contributed by atoms with Crippen LogP contribution in [0.5, 0.6) is 0 Å². The van der Waals surface area contributed by atoms with Crippen LogP contribution in [0.4, 0.5) is 0 Å². The van der Waals surface area contributed by atoms with Gasteiger partial charge in [-0.2, -0.15) is 4.31 Å². The van der Waals surface area contributed by atoms with Crippen LogP contribution in [0.1, 0.15) is 49.8 Å². The van der Waals surface area contributed by atoms with Gasteiger partial charge in [-0.05, 0) is 32.6 Å². The van der Waals surface area contributed by atoms with E-state index in [0.717, 1.165) is 44.9 Å².